The van der Waals surface area contributed by atoms with Crippen LogP contribution in [-0.4, -0.2) is 38.3 Å². The van der Waals surface area contributed by atoms with Gasteiger partial charge in [-0.1, -0.05) is 65.5 Å². The first-order chi connectivity index (χ1) is 10.6. The summed E-state index contributed by atoms with van der Waals surface area (Å²) in [6.07, 6.45) is 10.3. The Kier molecular flexibility index (Phi) is 20.3. The quantitative estimate of drug-likeness (QED) is 0.586. The fourth-order valence-electron chi connectivity index (χ4n) is 2.21. The van der Waals surface area contributed by atoms with Crippen LogP contribution in [0, 0.1) is 5.92 Å². The molecule has 1 aliphatic carbocycles. The minimum absolute atomic E-state index is 0.875. The number of likely N-dealkylation sites (N-methyl/N-ethyl adjacent to an activating group) is 1. The molecule has 1 unspecified atom stereocenters. The SMILES string of the molecule is CC.CC1=CCCC1C.CCCCC.CN1CCCOCC1. The van der Waals surface area contributed by atoms with E-state index in [0.717, 1.165) is 25.7 Å². The highest BCUT2D eigenvalue weighted by molar-refractivity contribution is 5.07. The molecule has 1 aliphatic heterocycles. The van der Waals surface area contributed by atoms with Gasteiger partial charge in [0.2, 0.25) is 0 Å². The van der Waals surface area contributed by atoms with Crippen molar-refractivity contribution in [1.29, 1.82) is 0 Å². The fourth-order valence-corrected chi connectivity index (χ4v) is 2.21. The predicted molar refractivity (Wildman–Crippen MR) is 102 cm³/mol. The van der Waals surface area contributed by atoms with Gasteiger partial charge in [0, 0.05) is 19.7 Å². The van der Waals surface area contributed by atoms with Crippen molar-refractivity contribution in [2.24, 2.45) is 5.92 Å². The topological polar surface area (TPSA) is 12.5 Å². The molecule has 1 saturated heterocycles. The van der Waals surface area contributed by atoms with Gasteiger partial charge >= 0.3 is 0 Å². The summed E-state index contributed by atoms with van der Waals surface area (Å²) in [6.45, 7) is 17.1. The van der Waals surface area contributed by atoms with Gasteiger partial charge in [0.1, 0.15) is 0 Å². The summed E-state index contributed by atoms with van der Waals surface area (Å²) < 4.78 is 5.22. The molecule has 2 aliphatic rings. The van der Waals surface area contributed by atoms with Crippen LogP contribution in [0.1, 0.15) is 80.1 Å². The molecule has 1 atom stereocenters. The number of nitrogens with zero attached hydrogens (tertiary/aromatic N) is 1. The fraction of sp³-hybridized carbons (Fsp3) is 0.900. The van der Waals surface area contributed by atoms with E-state index in [-0.39, 0.29) is 0 Å². The van der Waals surface area contributed by atoms with E-state index in [1.165, 1.54) is 45.1 Å². The Hall–Kier alpha value is -0.340. The maximum absolute atomic E-state index is 5.22. The molecule has 0 spiro atoms. The maximum atomic E-state index is 5.22. The van der Waals surface area contributed by atoms with Crippen LogP contribution < -0.4 is 0 Å². The highest BCUT2D eigenvalue weighted by Crippen LogP contribution is 2.23. The van der Waals surface area contributed by atoms with Crippen LogP contribution in [0.3, 0.4) is 0 Å². The number of ether oxygens (including phenoxy) is 1. The molecule has 2 nitrogen and oxygen atoms in total. The Morgan fingerprint density at radius 1 is 1.14 bits per heavy atom. The van der Waals surface area contributed by atoms with Gasteiger partial charge in [-0.2, -0.15) is 0 Å². The summed E-state index contributed by atoms with van der Waals surface area (Å²) in [6, 6.07) is 0. The summed E-state index contributed by atoms with van der Waals surface area (Å²) in [5, 5.41) is 0. The van der Waals surface area contributed by atoms with Crippen molar-refractivity contribution in [3.63, 3.8) is 0 Å². The van der Waals surface area contributed by atoms with E-state index in [1.807, 2.05) is 13.8 Å². The van der Waals surface area contributed by atoms with Gasteiger partial charge in [0.25, 0.3) is 0 Å². The van der Waals surface area contributed by atoms with E-state index in [0.29, 0.717) is 0 Å². The lowest BCUT2D eigenvalue weighted by atomic mass is 10.1. The number of rotatable bonds is 2. The number of hydrogen-bond acceptors (Lipinski definition) is 2. The molecule has 0 N–H and O–H groups in total. The second kappa shape index (κ2) is 18.7. The van der Waals surface area contributed by atoms with Crippen LogP contribution in [-0.2, 0) is 4.74 Å². The van der Waals surface area contributed by atoms with Gasteiger partial charge in [-0.3, -0.25) is 0 Å². The molecule has 1 fully saturated rings. The van der Waals surface area contributed by atoms with Crippen molar-refractivity contribution < 1.29 is 4.74 Å². The van der Waals surface area contributed by atoms with E-state index in [2.05, 4.69) is 45.7 Å². The average molecular weight is 314 g/mol. The van der Waals surface area contributed by atoms with Crippen molar-refractivity contribution in [2.45, 2.75) is 80.1 Å². The number of allylic oxidation sites excluding steroid dienone is 2. The van der Waals surface area contributed by atoms with Gasteiger partial charge < -0.3 is 9.64 Å². The minimum Gasteiger partial charge on any atom is -0.380 e. The lowest BCUT2D eigenvalue weighted by Gasteiger charge is -2.09. The zero-order valence-corrected chi connectivity index (χ0v) is 16.6. The van der Waals surface area contributed by atoms with Gasteiger partial charge in [0.05, 0.1) is 6.61 Å². The average Bonchev–Trinajstić information content (AvgIpc) is 2.77. The van der Waals surface area contributed by atoms with Crippen LogP contribution in [0.4, 0.5) is 0 Å². The molecular formula is C20H43NO. The van der Waals surface area contributed by atoms with E-state index in [9.17, 15) is 0 Å². The number of hydrogen-bond donors (Lipinski definition) is 0. The molecule has 0 saturated carbocycles. The smallest absolute Gasteiger partial charge is 0.0593 e. The maximum Gasteiger partial charge on any atom is 0.0593 e. The molecule has 22 heavy (non-hydrogen) atoms. The van der Waals surface area contributed by atoms with E-state index < -0.39 is 0 Å². The second-order valence-electron chi connectivity index (χ2n) is 6.05. The molecular weight excluding hydrogens is 270 g/mol. The van der Waals surface area contributed by atoms with Gasteiger partial charge in [0.15, 0.2) is 0 Å². The van der Waals surface area contributed by atoms with Crippen molar-refractivity contribution in [1.82, 2.24) is 4.90 Å². The summed E-state index contributed by atoms with van der Waals surface area (Å²) in [7, 11) is 2.13. The monoisotopic (exact) mass is 313 g/mol. The molecule has 0 radical (unpaired) electrons. The van der Waals surface area contributed by atoms with Gasteiger partial charge in [-0.25, -0.2) is 0 Å². The number of unbranched alkanes of at least 4 members (excludes halogenated alkanes) is 2. The minimum atomic E-state index is 0.875. The Labute approximate surface area is 141 Å². The van der Waals surface area contributed by atoms with Crippen molar-refractivity contribution >= 4 is 0 Å². The Morgan fingerprint density at radius 2 is 1.77 bits per heavy atom. The van der Waals surface area contributed by atoms with Crippen LogP contribution in [0.25, 0.3) is 0 Å². The Balaban J connectivity index is 0. The first-order valence-corrected chi connectivity index (χ1v) is 9.54. The third kappa shape index (κ3) is 16.0. The highest BCUT2D eigenvalue weighted by Gasteiger charge is 2.07. The molecule has 2 rings (SSSR count). The van der Waals surface area contributed by atoms with Crippen LogP contribution in [0.15, 0.2) is 11.6 Å². The zero-order valence-electron chi connectivity index (χ0n) is 16.6. The van der Waals surface area contributed by atoms with Crippen molar-refractivity contribution in [3.8, 4) is 0 Å². The van der Waals surface area contributed by atoms with Crippen molar-refractivity contribution in [3.05, 3.63) is 11.6 Å². The molecule has 2 heteroatoms. The van der Waals surface area contributed by atoms with Crippen LogP contribution >= 0.6 is 0 Å². The molecule has 0 bridgehead atoms. The van der Waals surface area contributed by atoms with Crippen LogP contribution in [0.5, 0.6) is 0 Å². The summed E-state index contributed by atoms with van der Waals surface area (Å²) in [5.41, 5.74) is 1.58. The van der Waals surface area contributed by atoms with E-state index >= 15 is 0 Å². The summed E-state index contributed by atoms with van der Waals surface area (Å²) in [4.78, 5) is 2.30. The Morgan fingerprint density at radius 3 is 2.14 bits per heavy atom. The molecule has 0 aromatic carbocycles. The molecule has 0 aromatic heterocycles. The van der Waals surface area contributed by atoms with Crippen LogP contribution in [0.2, 0.25) is 0 Å². The molecule has 0 amide bonds. The molecule has 0 aromatic rings. The summed E-state index contributed by atoms with van der Waals surface area (Å²) in [5.74, 6) is 0.875. The highest BCUT2D eigenvalue weighted by atomic mass is 16.5. The normalized spacial score (nSPS) is 21.0. The first-order valence-electron chi connectivity index (χ1n) is 9.54. The van der Waals surface area contributed by atoms with Crippen molar-refractivity contribution in [2.75, 3.05) is 33.4 Å². The third-order valence-electron chi connectivity index (χ3n) is 4.00. The largest absolute Gasteiger partial charge is 0.380 e. The Bertz CT molecular complexity index is 228. The lowest BCUT2D eigenvalue weighted by Crippen LogP contribution is -2.20. The van der Waals surface area contributed by atoms with Gasteiger partial charge in [-0.15, -0.1) is 0 Å². The molecule has 134 valence electrons. The van der Waals surface area contributed by atoms with E-state index in [4.69, 9.17) is 4.74 Å². The lowest BCUT2D eigenvalue weighted by molar-refractivity contribution is 0.144. The third-order valence-corrected chi connectivity index (χ3v) is 4.00. The predicted octanol–water partition coefficient (Wildman–Crippen LogP) is 5.92. The van der Waals surface area contributed by atoms with E-state index in [1.54, 1.807) is 5.57 Å². The second-order valence-corrected chi connectivity index (χ2v) is 6.05. The summed E-state index contributed by atoms with van der Waals surface area (Å²) >= 11 is 0. The molecule has 1 heterocycles. The zero-order chi connectivity index (χ0) is 17.2. The first kappa shape index (κ1) is 23.9. The van der Waals surface area contributed by atoms with Gasteiger partial charge in [-0.05, 0) is 39.2 Å². The standard InChI is InChI=1S/C7H12.C6H13NO.C5H12.C2H6/c1-6-4-3-5-7(6)2;1-7-3-2-5-8-6-4-7;1-3-5-4-2;1-2/h4,7H,3,5H2,1-2H3;2-6H2,1H3;3-5H2,1-2H3;1-2H3.